The Bertz CT molecular complexity index is 732. The Morgan fingerprint density at radius 3 is 2.04 bits per heavy atom. The van der Waals surface area contributed by atoms with E-state index in [2.05, 4.69) is 5.32 Å². The first kappa shape index (κ1) is 19.0. The second-order valence-electron chi connectivity index (χ2n) is 6.22. The summed E-state index contributed by atoms with van der Waals surface area (Å²) in [5.74, 6) is -3.35. The lowest BCUT2D eigenvalue weighted by molar-refractivity contribution is -0.154. The number of rotatable bonds is 1. The zero-order chi connectivity index (χ0) is 19.4. The number of carbonyl (C=O) groups excluding carboxylic acids is 3. The smallest absolute Gasteiger partial charge is 0.322 e. The van der Waals surface area contributed by atoms with Gasteiger partial charge in [-0.1, -0.05) is 6.07 Å². The van der Waals surface area contributed by atoms with Crippen molar-refractivity contribution in [2.75, 3.05) is 57.8 Å². The number of anilines is 1. The van der Waals surface area contributed by atoms with Gasteiger partial charge in [0, 0.05) is 39.3 Å². The molecule has 0 bridgehead atoms. The Labute approximate surface area is 154 Å². The number of morpholine rings is 1. The number of carbonyl (C=O) groups is 3. The molecular formula is C17H20F2N4O4. The summed E-state index contributed by atoms with van der Waals surface area (Å²) in [5, 5.41) is 2.32. The van der Waals surface area contributed by atoms with E-state index in [0.717, 1.165) is 6.07 Å². The Kier molecular flexibility index (Phi) is 5.84. The minimum absolute atomic E-state index is 0.185. The van der Waals surface area contributed by atoms with Crippen molar-refractivity contribution < 1.29 is 27.9 Å². The Balaban J connectivity index is 1.52. The van der Waals surface area contributed by atoms with Crippen molar-refractivity contribution in [2.45, 2.75) is 0 Å². The number of piperazine rings is 1. The number of halogens is 2. The molecule has 2 heterocycles. The van der Waals surface area contributed by atoms with Gasteiger partial charge in [0.15, 0.2) is 11.6 Å². The maximum Gasteiger partial charge on any atom is 0.322 e. The van der Waals surface area contributed by atoms with Crippen LogP contribution in [-0.4, -0.2) is 85.0 Å². The molecule has 0 spiro atoms. The second-order valence-corrected chi connectivity index (χ2v) is 6.22. The van der Waals surface area contributed by atoms with Gasteiger partial charge in [0.2, 0.25) is 0 Å². The van der Waals surface area contributed by atoms with Crippen LogP contribution in [0.4, 0.5) is 19.3 Å². The van der Waals surface area contributed by atoms with Gasteiger partial charge in [-0.05, 0) is 12.1 Å². The normalized spacial score (nSPS) is 17.6. The zero-order valence-corrected chi connectivity index (χ0v) is 14.6. The Morgan fingerprint density at radius 2 is 1.41 bits per heavy atom. The molecule has 4 amide bonds. The van der Waals surface area contributed by atoms with Gasteiger partial charge >= 0.3 is 17.8 Å². The van der Waals surface area contributed by atoms with E-state index < -0.39 is 29.5 Å². The molecule has 146 valence electrons. The SMILES string of the molecule is O=C(Nc1cccc(F)c1F)N1CCN(C(=O)C(=O)N2CCOCC2)CC1. The van der Waals surface area contributed by atoms with E-state index in [1.54, 1.807) is 0 Å². The number of ether oxygens (including phenoxy) is 1. The summed E-state index contributed by atoms with van der Waals surface area (Å²) in [6.45, 7) is 2.32. The summed E-state index contributed by atoms with van der Waals surface area (Å²) in [6, 6.07) is 2.92. The maximum absolute atomic E-state index is 13.7. The van der Waals surface area contributed by atoms with E-state index in [1.807, 2.05) is 0 Å². The fraction of sp³-hybridized carbons (Fsp3) is 0.471. The number of nitrogens with zero attached hydrogens (tertiary/aromatic N) is 3. The van der Waals surface area contributed by atoms with Crippen molar-refractivity contribution in [2.24, 2.45) is 0 Å². The van der Waals surface area contributed by atoms with Crippen LogP contribution in [0.3, 0.4) is 0 Å². The lowest BCUT2D eigenvalue weighted by atomic mass is 10.2. The molecule has 0 aromatic heterocycles. The minimum atomic E-state index is -1.13. The summed E-state index contributed by atoms with van der Waals surface area (Å²) >= 11 is 0. The van der Waals surface area contributed by atoms with Gasteiger partial charge in [-0.2, -0.15) is 0 Å². The molecule has 0 atom stereocenters. The van der Waals surface area contributed by atoms with Crippen molar-refractivity contribution in [3.63, 3.8) is 0 Å². The quantitative estimate of drug-likeness (QED) is 0.718. The molecule has 8 nitrogen and oxygen atoms in total. The van der Waals surface area contributed by atoms with Crippen LogP contribution in [0.1, 0.15) is 0 Å². The molecule has 0 saturated carbocycles. The largest absolute Gasteiger partial charge is 0.378 e. The van der Waals surface area contributed by atoms with Crippen LogP contribution in [0.2, 0.25) is 0 Å². The fourth-order valence-corrected chi connectivity index (χ4v) is 2.94. The lowest BCUT2D eigenvalue weighted by Crippen LogP contribution is -2.56. The van der Waals surface area contributed by atoms with Gasteiger partial charge in [0.25, 0.3) is 0 Å². The topological polar surface area (TPSA) is 82.2 Å². The number of hydrogen-bond donors (Lipinski definition) is 1. The predicted octanol–water partition coefficient (Wildman–Crippen LogP) is 0.500. The standard InChI is InChI=1S/C17H20F2N4O4/c18-12-2-1-3-13(14(12)19)20-17(26)23-6-4-21(5-7-23)15(24)16(25)22-8-10-27-11-9-22/h1-3H,4-11H2,(H,20,26). The Hall–Kier alpha value is -2.75. The van der Waals surface area contributed by atoms with Gasteiger partial charge in [-0.25, -0.2) is 13.6 Å². The summed E-state index contributed by atoms with van der Waals surface area (Å²) in [5.41, 5.74) is -0.249. The molecule has 2 aliphatic heterocycles. The molecule has 0 radical (unpaired) electrons. The molecule has 2 aliphatic rings. The van der Waals surface area contributed by atoms with Gasteiger partial charge in [0.1, 0.15) is 0 Å². The minimum Gasteiger partial charge on any atom is -0.378 e. The summed E-state index contributed by atoms with van der Waals surface area (Å²) in [4.78, 5) is 41.0. The van der Waals surface area contributed by atoms with Crippen molar-refractivity contribution in [3.05, 3.63) is 29.8 Å². The molecule has 27 heavy (non-hydrogen) atoms. The van der Waals surface area contributed by atoms with E-state index in [0.29, 0.717) is 26.3 Å². The molecule has 1 aromatic rings. The fourth-order valence-electron chi connectivity index (χ4n) is 2.94. The monoisotopic (exact) mass is 382 g/mol. The second kappa shape index (κ2) is 8.30. The Morgan fingerprint density at radius 1 is 0.852 bits per heavy atom. The number of urea groups is 1. The van der Waals surface area contributed by atoms with Crippen LogP contribution >= 0.6 is 0 Å². The average molecular weight is 382 g/mol. The lowest BCUT2D eigenvalue weighted by Gasteiger charge is -2.35. The van der Waals surface area contributed by atoms with Gasteiger partial charge in [-0.3, -0.25) is 9.59 Å². The summed E-state index contributed by atoms with van der Waals surface area (Å²) in [7, 11) is 0. The molecule has 3 rings (SSSR count). The van der Waals surface area contributed by atoms with Gasteiger partial charge < -0.3 is 24.8 Å². The van der Waals surface area contributed by atoms with Crippen molar-refractivity contribution >= 4 is 23.5 Å². The third-order valence-electron chi connectivity index (χ3n) is 4.53. The highest BCUT2D eigenvalue weighted by atomic mass is 19.2. The van der Waals surface area contributed by atoms with Crippen LogP contribution in [0.25, 0.3) is 0 Å². The van der Waals surface area contributed by atoms with E-state index in [4.69, 9.17) is 4.74 Å². The number of benzene rings is 1. The molecule has 10 heteroatoms. The third-order valence-corrected chi connectivity index (χ3v) is 4.53. The van der Waals surface area contributed by atoms with Crippen molar-refractivity contribution in [3.8, 4) is 0 Å². The third kappa shape index (κ3) is 4.33. The van der Waals surface area contributed by atoms with Crippen molar-refractivity contribution in [1.29, 1.82) is 0 Å². The zero-order valence-electron chi connectivity index (χ0n) is 14.6. The van der Waals surface area contributed by atoms with Crippen LogP contribution in [0.5, 0.6) is 0 Å². The molecule has 2 saturated heterocycles. The highest BCUT2D eigenvalue weighted by molar-refractivity contribution is 6.34. The van der Waals surface area contributed by atoms with E-state index in [9.17, 15) is 23.2 Å². The highest BCUT2D eigenvalue weighted by Crippen LogP contribution is 2.17. The first-order chi connectivity index (χ1) is 13.0. The highest BCUT2D eigenvalue weighted by Gasteiger charge is 2.31. The average Bonchev–Trinajstić information content (AvgIpc) is 2.71. The number of nitrogens with one attached hydrogen (secondary N) is 1. The van der Waals surface area contributed by atoms with Crippen LogP contribution in [-0.2, 0) is 14.3 Å². The molecule has 2 fully saturated rings. The van der Waals surface area contributed by atoms with Crippen molar-refractivity contribution in [1.82, 2.24) is 14.7 Å². The molecular weight excluding hydrogens is 362 g/mol. The maximum atomic E-state index is 13.7. The van der Waals surface area contributed by atoms with Crippen LogP contribution < -0.4 is 5.32 Å². The van der Waals surface area contributed by atoms with E-state index in [1.165, 1.54) is 26.8 Å². The predicted molar refractivity (Wildman–Crippen MR) is 90.9 cm³/mol. The number of amides is 4. The molecule has 1 aromatic carbocycles. The van der Waals surface area contributed by atoms with Gasteiger partial charge in [0.05, 0.1) is 18.9 Å². The first-order valence-corrected chi connectivity index (χ1v) is 8.63. The molecule has 0 aliphatic carbocycles. The first-order valence-electron chi connectivity index (χ1n) is 8.63. The van der Waals surface area contributed by atoms with Crippen LogP contribution in [0, 0.1) is 11.6 Å². The molecule has 0 unspecified atom stereocenters. The number of hydrogen-bond acceptors (Lipinski definition) is 4. The summed E-state index contributed by atoms with van der Waals surface area (Å²) < 4.78 is 32.0. The van der Waals surface area contributed by atoms with Gasteiger partial charge in [-0.15, -0.1) is 0 Å². The molecule has 1 N–H and O–H groups in total. The van der Waals surface area contributed by atoms with E-state index >= 15 is 0 Å². The van der Waals surface area contributed by atoms with E-state index in [-0.39, 0.29) is 31.9 Å². The summed E-state index contributed by atoms with van der Waals surface area (Å²) in [6.07, 6.45) is 0. The van der Waals surface area contributed by atoms with Crippen LogP contribution in [0.15, 0.2) is 18.2 Å².